The Balaban J connectivity index is 1.54. The lowest BCUT2D eigenvalue weighted by Gasteiger charge is -2.10. The Labute approximate surface area is 181 Å². The van der Waals surface area contributed by atoms with Crippen LogP contribution >= 0.6 is 11.8 Å². The Morgan fingerprint density at radius 1 is 0.967 bits per heavy atom. The number of hydrogen-bond acceptors (Lipinski definition) is 3. The highest BCUT2D eigenvalue weighted by molar-refractivity contribution is 7.99. The van der Waals surface area contributed by atoms with Crippen LogP contribution in [-0.2, 0) is 6.54 Å². The number of carbonyl (C=O) groups excluding carboxylic acids is 1. The molecule has 0 spiro atoms. The zero-order valence-corrected chi connectivity index (χ0v) is 18.0. The number of nitrogens with zero attached hydrogens (tertiary/aromatic N) is 1. The number of fused-ring (bicyclic) bond motifs is 2. The number of benzene rings is 3. The summed E-state index contributed by atoms with van der Waals surface area (Å²) in [5.41, 5.74) is 4.98. The largest absolute Gasteiger partial charge is 0.334 e. The molecule has 0 atom stereocenters. The zero-order valence-electron chi connectivity index (χ0n) is 17.2. The molecule has 0 saturated heterocycles. The van der Waals surface area contributed by atoms with Gasteiger partial charge in [0, 0.05) is 33.3 Å². The van der Waals surface area contributed by atoms with E-state index in [1.54, 1.807) is 11.8 Å². The van der Waals surface area contributed by atoms with Crippen LogP contribution in [0.3, 0.4) is 0 Å². The Kier molecular flexibility index (Phi) is 6.19. The van der Waals surface area contributed by atoms with Gasteiger partial charge in [-0.1, -0.05) is 74.1 Å². The van der Waals surface area contributed by atoms with Gasteiger partial charge in [-0.15, -0.1) is 0 Å². The van der Waals surface area contributed by atoms with Crippen LogP contribution in [0.4, 0.5) is 16.2 Å². The van der Waals surface area contributed by atoms with Crippen LogP contribution in [0.2, 0.25) is 0 Å². The molecule has 152 valence electrons. The second-order valence-corrected chi connectivity index (χ2v) is 8.81. The molecule has 4 nitrogen and oxygen atoms in total. The van der Waals surface area contributed by atoms with Crippen LogP contribution in [0.15, 0.2) is 87.6 Å². The van der Waals surface area contributed by atoms with Crippen molar-refractivity contribution in [3.05, 3.63) is 83.9 Å². The summed E-state index contributed by atoms with van der Waals surface area (Å²) in [4.78, 5) is 19.7. The predicted octanol–water partition coefficient (Wildman–Crippen LogP) is 6.64. The summed E-state index contributed by atoms with van der Waals surface area (Å²) in [6.07, 6.45) is 0.909. The first-order valence-corrected chi connectivity index (χ1v) is 11.0. The molecular formula is C25H25N3OS. The average molecular weight is 416 g/mol. The number of rotatable bonds is 5. The van der Waals surface area contributed by atoms with Gasteiger partial charge in [0.15, 0.2) is 0 Å². The third-order valence-corrected chi connectivity index (χ3v) is 5.93. The fourth-order valence-corrected chi connectivity index (χ4v) is 4.41. The average Bonchev–Trinajstić information content (AvgIpc) is 2.89. The fourth-order valence-electron chi connectivity index (χ4n) is 3.38. The minimum Gasteiger partial charge on any atom is -0.334 e. The van der Waals surface area contributed by atoms with Gasteiger partial charge < -0.3 is 10.6 Å². The lowest BCUT2D eigenvalue weighted by atomic mass is 10.00. The second-order valence-electron chi connectivity index (χ2n) is 7.73. The molecule has 1 aliphatic heterocycles. The number of urea groups is 1. The van der Waals surface area contributed by atoms with E-state index in [2.05, 4.69) is 48.7 Å². The molecule has 0 aliphatic carbocycles. The van der Waals surface area contributed by atoms with E-state index in [-0.39, 0.29) is 6.03 Å². The molecule has 0 radical (unpaired) electrons. The smallest absolute Gasteiger partial charge is 0.319 e. The minimum absolute atomic E-state index is 0.227. The first kappa shape index (κ1) is 20.2. The molecule has 2 amide bonds. The van der Waals surface area contributed by atoms with Crippen molar-refractivity contribution in [2.75, 3.05) is 5.32 Å². The molecule has 1 heterocycles. The Bertz CT molecular complexity index is 1080. The molecule has 0 saturated carbocycles. The van der Waals surface area contributed by atoms with Gasteiger partial charge >= 0.3 is 6.03 Å². The molecule has 3 aromatic rings. The standard InChI is InChI=1S/C25H25N3OS/c1-17(2)14-21-20-10-6-7-11-23(20)30-24-13-12-19(15-22(24)28-21)27-25(29)26-16-18-8-4-3-5-9-18/h3-13,15,17H,14,16H2,1-2H3,(H2,26,27,29). The van der Waals surface area contributed by atoms with E-state index in [1.165, 1.54) is 10.5 Å². The molecule has 5 heteroatoms. The molecule has 0 fully saturated rings. The van der Waals surface area contributed by atoms with Gasteiger partial charge in [0.05, 0.1) is 5.69 Å². The number of aliphatic imine (C=N–C) groups is 1. The highest BCUT2D eigenvalue weighted by Gasteiger charge is 2.18. The normalized spacial score (nSPS) is 12.4. The third kappa shape index (κ3) is 4.92. The van der Waals surface area contributed by atoms with Gasteiger partial charge in [0.25, 0.3) is 0 Å². The van der Waals surface area contributed by atoms with Crippen molar-refractivity contribution in [3.63, 3.8) is 0 Å². The maximum atomic E-state index is 12.3. The van der Waals surface area contributed by atoms with Crippen LogP contribution in [-0.4, -0.2) is 11.7 Å². The van der Waals surface area contributed by atoms with Gasteiger partial charge in [-0.05, 0) is 42.2 Å². The quantitative estimate of drug-likeness (QED) is 0.491. The van der Waals surface area contributed by atoms with Crippen molar-refractivity contribution >= 4 is 34.9 Å². The summed E-state index contributed by atoms with van der Waals surface area (Å²) >= 11 is 1.73. The van der Waals surface area contributed by atoms with Crippen LogP contribution in [0, 0.1) is 5.92 Å². The lowest BCUT2D eigenvalue weighted by molar-refractivity contribution is 0.251. The molecule has 0 aromatic heterocycles. The summed E-state index contributed by atoms with van der Waals surface area (Å²) in [7, 11) is 0. The molecule has 1 aliphatic rings. The van der Waals surface area contributed by atoms with Crippen LogP contribution in [0.1, 0.15) is 31.4 Å². The molecule has 30 heavy (non-hydrogen) atoms. The van der Waals surface area contributed by atoms with Crippen molar-refractivity contribution in [1.29, 1.82) is 0 Å². The van der Waals surface area contributed by atoms with Crippen LogP contribution in [0.5, 0.6) is 0 Å². The number of anilines is 1. The van der Waals surface area contributed by atoms with E-state index in [0.717, 1.165) is 34.0 Å². The number of carbonyl (C=O) groups is 1. The highest BCUT2D eigenvalue weighted by atomic mass is 32.2. The van der Waals surface area contributed by atoms with Gasteiger partial charge in [0.1, 0.15) is 0 Å². The van der Waals surface area contributed by atoms with Crippen molar-refractivity contribution in [2.24, 2.45) is 10.9 Å². The minimum atomic E-state index is -0.227. The van der Waals surface area contributed by atoms with Crippen LogP contribution < -0.4 is 10.6 Å². The van der Waals surface area contributed by atoms with E-state index >= 15 is 0 Å². The van der Waals surface area contributed by atoms with Crippen molar-refractivity contribution in [1.82, 2.24) is 5.32 Å². The number of hydrogen-bond donors (Lipinski definition) is 2. The van der Waals surface area contributed by atoms with Crippen LogP contribution in [0.25, 0.3) is 0 Å². The summed E-state index contributed by atoms with van der Waals surface area (Å²) < 4.78 is 0. The SMILES string of the molecule is CC(C)CC1=Nc2cc(NC(=O)NCc3ccccc3)ccc2Sc2ccccc21. The predicted molar refractivity (Wildman–Crippen MR) is 125 cm³/mol. The molecule has 0 bridgehead atoms. The maximum absolute atomic E-state index is 12.3. The van der Waals surface area contributed by atoms with Crippen molar-refractivity contribution in [3.8, 4) is 0 Å². The summed E-state index contributed by atoms with van der Waals surface area (Å²) in [5, 5.41) is 5.83. The Hall–Kier alpha value is -3.05. The zero-order chi connectivity index (χ0) is 20.9. The molecule has 2 N–H and O–H groups in total. The molecular weight excluding hydrogens is 390 g/mol. The number of nitrogens with one attached hydrogen (secondary N) is 2. The van der Waals surface area contributed by atoms with E-state index in [4.69, 9.17) is 4.99 Å². The summed E-state index contributed by atoms with van der Waals surface area (Å²) in [5.74, 6) is 0.508. The van der Waals surface area contributed by atoms with Gasteiger partial charge in [-0.2, -0.15) is 0 Å². The van der Waals surface area contributed by atoms with E-state index in [1.807, 2.05) is 48.5 Å². The maximum Gasteiger partial charge on any atom is 0.319 e. The second kappa shape index (κ2) is 9.18. The molecule has 3 aromatic carbocycles. The van der Waals surface area contributed by atoms with Crippen molar-refractivity contribution in [2.45, 2.75) is 36.6 Å². The first-order chi connectivity index (χ1) is 14.6. The van der Waals surface area contributed by atoms with E-state index in [9.17, 15) is 4.79 Å². The number of amides is 2. The molecule has 0 unspecified atom stereocenters. The lowest BCUT2D eigenvalue weighted by Crippen LogP contribution is -2.28. The third-order valence-electron chi connectivity index (χ3n) is 4.79. The molecule has 4 rings (SSSR count). The van der Waals surface area contributed by atoms with E-state index in [0.29, 0.717) is 12.5 Å². The highest BCUT2D eigenvalue weighted by Crippen LogP contribution is 2.42. The Morgan fingerprint density at radius 3 is 2.53 bits per heavy atom. The van der Waals surface area contributed by atoms with Gasteiger partial charge in [0.2, 0.25) is 0 Å². The van der Waals surface area contributed by atoms with Gasteiger partial charge in [-0.25, -0.2) is 4.79 Å². The Morgan fingerprint density at radius 2 is 1.73 bits per heavy atom. The fraction of sp³-hybridized carbons (Fsp3) is 0.200. The summed E-state index contributed by atoms with van der Waals surface area (Å²) in [6.45, 7) is 4.90. The van der Waals surface area contributed by atoms with Gasteiger partial charge in [-0.3, -0.25) is 4.99 Å². The van der Waals surface area contributed by atoms with Crippen molar-refractivity contribution < 1.29 is 4.79 Å². The first-order valence-electron chi connectivity index (χ1n) is 10.2. The topological polar surface area (TPSA) is 53.5 Å². The monoisotopic (exact) mass is 415 g/mol. The van der Waals surface area contributed by atoms with E-state index < -0.39 is 0 Å². The summed E-state index contributed by atoms with van der Waals surface area (Å²) in [6, 6.07) is 24.0.